The lowest BCUT2D eigenvalue weighted by Gasteiger charge is -2.16. The first-order chi connectivity index (χ1) is 11.7. The number of nitrogens with one attached hydrogen (secondary N) is 1. The number of fused-ring (bicyclic) bond motifs is 1. The Bertz CT molecular complexity index is 976. The third-order valence-electron chi connectivity index (χ3n) is 3.54. The monoisotopic (exact) mass is 376 g/mol. The van der Waals surface area contributed by atoms with Crippen LogP contribution in [0.2, 0.25) is 0 Å². The van der Waals surface area contributed by atoms with Gasteiger partial charge in [-0.25, -0.2) is 4.98 Å². The fourth-order valence-corrected chi connectivity index (χ4v) is 4.38. The molecule has 0 unspecified atom stereocenters. The number of hydrogen-bond acceptors (Lipinski definition) is 6. The fourth-order valence-electron chi connectivity index (χ4n) is 2.46. The van der Waals surface area contributed by atoms with Crippen molar-refractivity contribution >= 4 is 38.9 Å². The molecule has 25 heavy (non-hydrogen) atoms. The minimum absolute atomic E-state index is 0.0224. The van der Waals surface area contributed by atoms with E-state index in [2.05, 4.69) is 9.97 Å². The molecule has 5 nitrogen and oxygen atoms in total. The van der Waals surface area contributed by atoms with Crippen molar-refractivity contribution in [2.75, 3.05) is 0 Å². The van der Waals surface area contributed by atoms with Crippen LogP contribution in [-0.4, -0.2) is 15.9 Å². The molecule has 3 aromatic rings. The van der Waals surface area contributed by atoms with Gasteiger partial charge in [-0.05, 0) is 24.5 Å². The van der Waals surface area contributed by atoms with E-state index in [4.69, 9.17) is 4.74 Å². The van der Waals surface area contributed by atoms with Crippen molar-refractivity contribution in [1.29, 1.82) is 0 Å². The van der Waals surface area contributed by atoms with Crippen molar-refractivity contribution in [3.8, 4) is 10.4 Å². The molecule has 0 saturated carbocycles. The maximum Gasteiger partial charge on any atom is 0.306 e. The number of aromatic nitrogens is 2. The second-order valence-electron chi connectivity index (χ2n) is 7.15. The number of thiophene rings is 2. The van der Waals surface area contributed by atoms with Crippen LogP contribution in [-0.2, 0) is 16.1 Å². The Kier molecular flexibility index (Phi) is 4.79. The van der Waals surface area contributed by atoms with Gasteiger partial charge in [-0.3, -0.25) is 9.59 Å². The number of rotatable bonds is 4. The van der Waals surface area contributed by atoms with Gasteiger partial charge in [0.2, 0.25) is 0 Å². The molecule has 132 valence electrons. The maximum atomic E-state index is 12.5. The number of esters is 1. The van der Waals surface area contributed by atoms with Crippen molar-refractivity contribution in [3.05, 3.63) is 38.6 Å². The average molecular weight is 377 g/mol. The predicted molar refractivity (Wildman–Crippen MR) is 102 cm³/mol. The summed E-state index contributed by atoms with van der Waals surface area (Å²) < 4.78 is 5.24. The summed E-state index contributed by atoms with van der Waals surface area (Å²) in [5, 5.41) is 2.55. The molecule has 7 heteroatoms. The van der Waals surface area contributed by atoms with Gasteiger partial charge in [0, 0.05) is 20.7 Å². The van der Waals surface area contributed by atoms with E-state index in [-0.39, 0.29) is 23.6 Å². The Morgan fingerprint density at radius 3 is 2.72 bits per heavy atom. The summed E-state index contributed by atoms with van der Waals surface area (Å²) in [4.78, 5) is 34.4. The zero-order chi connectivity index (χ0) is 18.2. The van der Waals surface area contributed by atoms with Crippen LogP contribution in [0.4, 0.5) is 0 Å². The Morgan fingerprint density at radius 2 is 2.08 bits per heavy atom. The van der Waals surface area contributed by atoms with Gasteiger partial charge in [0.15, 0.2) is 0 Å². The highest BCUT2D eigenvalue weighted by Gasteiger charge is 2.18. The normalized spacial score (nSPS) is 11.8. The van der Waals surface area contributed by atoms with Crippen molar-refractivity contribution in [1.82, 2.24) is 9.97 Å². The number of carbonyl (C=O) groups excluding carboxylic acids is 1. The quantitative estimate of drug-likeness (QED) is 0.681. The van der Waals surface area contributed by atoms with E-state index in [0.717, 1.165) is 10.4 Å². The summed E-state index contributed by atoms with van der Waals surface area (Å²) >= 11 is 3.08. The highest BCUT2D eigenvalue weighted by molar-refractivity contribution is 7.19. The highest BCUT2D eigenvalue weighted by Crippen LogP contribution is 2.35. The van der Waals surface area contributed by atoms with Crippen molar-refractivity contribution in [3.63, 3.8) is 0 Å². The van der Waals surface area contributed by atoms with Crippen LogP contribution < -0.4 is 5.56 Å². The second-order valence-corrected chi connectivity index (χ2v) is 9.30. The van der Waals surface area contributed by atoms with E-state index in [1.54, 1.807) is 11.3 Å². The molecular weight excluding hydrogens is 356 g/mol. The first-order valence-corrected chi connectivity index (χ1v) is 9.65. The van der Waals surface area contributed by atoms with Crippen LogP contribution in [0.25, 0.3) is 20.7 Å². The van der Waals surface area contributed by atoms with Crippen LogP contribution in [0.15, 0.2) is 22.3 Å². The SMILES string of the molecule is Cc1ccc(-c2csc3nc(COC(=O)CC(C)(C)C)[nH]c(=O)c23)s1. The molecule has 0 spiro atoms. The number of H-pyrrole nitrogens is 1. The standard InChI is InChI=1S/C18H20N2O3S2/c1-10-5-6-12(25-10)11-9-24-17-15(11)16(22)19-13(20-17)8-23-14(21)7-18(2,3)4/h5-6,9H,7-8H2,1-4H3,(H,19,20,22). The minimum Gasteiger partial charge on any atom is -0.457 e. The third-order valence-corrected chi connectivity index (χ3v) is 5.45. The van der Waals surface area contributed by atoms with Crippen molar-refractivity contribution < 1.29 is 9.53 Å². The topological polar surface area (TPSA) is 72.0 Å². The lowest BCUT2D eigenvalue weighted by Crippen LogP contribution is -2.17. The molecule has 0 amide bonds. The third kappa shape index (κ3) is 4.16. The zero-order valence-corrected chi connectivity index (χ0v) is 16.3. The maximum absolute atomic E-state index is 12.5. The van der Waals surface area contributed by atoms with E-state index < -0.39 is 0 Å². The van der Waals surface area contributed by atoms with E-state index in [1.165, 1.54) is 16.2 Å². The molecule has 3 rings (SSSR count). The Hall–Kier alpha value is -1.99. The number of nitrogens with zero attached hydrogens (tertiary/aromatic N) is 1. The minimum atomic E-state index is -0.295. The largest absolute Gasteiger partial charge is 0.457 e. The molecule has 3 heterocycles. The highest BCUT2D eigenvalue weighted by atomic mass is 32.1. The molecule has 0 atom stereocenters. The van der Waals surface area contributed by atoms with Gasteiger partial charge in [0.05, 0.1) is 11.8 Å². The Balaban J connectivity index is 1.84. The summed E-state index contributed by atoms with van der Waals surface area (Å²) in [5.74, 6) is 0.0756. The summed E-state index contributed by atoms with van der Waals surface area (Å²) in [7, 11) is 0. The molecule has 0 aliphatic carbocycles. The summed E-state index contributed by atoms with van der Waals surface area (Å²) in [6, 6.07) is 4.05. The van der Waals surface area contributed by atoms with Gasteiger partial charge >= 0.3 is 5.97 Å². The number of aromatic amines is 1. The van der Waals surface area contributed by atoms with Crippen LogP contribution in [0, 0.1) is 12.3 Å². The molecule has 0 aliphatic rings. The summed E-state index contributed by atoms with van der Waals surface area (Å²) in [6.07, 6.45) is 0.320. The number of carbonyl (C=O) groups is 1. The predicted octanol–water partition coefficient (Wildman–Crippen LogP) is 4.50. The lowest BCUT2D eigenvalue weighted by molar-refractivity contribution is -0.147. The fraction of sp³-hybridized carbons (Fsp3) is 0.389. The molecule has 1 N–H and O–H groups in total. The lowest BCUT2D eigenvalue weighted by atomic mass is 9.93. The first kappa shape index (κ1) is 17.8. The molecule has 0 fully saturated rings. The van der Waals surface area contributed by atoms with Gasteiger partial charge in [0.25, 0.3) is 5.56 Å². The van der Waals surface area contributed by atoms with Gasteiger partial charge in [-0.1, -0.05) is 20.8 Å². The van der Waals surface area contributed by atoms with Crippen LogP contribution in [0.3, 0.4) is 0 Å². The van der Waals surface area contributed by atoms with Crippen LogP contribution in [0.5, 0.6) is 0 Å². The molecule has 0 radical (unpaired) electrons. The Labute approximate surface area is 153 Å². The van der Waals surface area contributed by atoms with E-state index in [0.29, 0.717) is 22.5 Å². The second kappa shape index (κ2) is 6.72. The number of hydrogen-bond donors (Lipinski definition) is 1. The van der Waals surface area contributed by atoms with Gasteiger partial charge in [-0.15, -0.1) is 22.7 Å². The zero-order valence-electron chi connectivity index (χ0n) is 14.6. The molecule has 0 aromatic carbocycles. The molecule has 3 aromatic heterocycles. The number of aryl methyl sites for hydroxylation is 1. The van der Waals surface area contributed by atoms with E-state index in [1.807, 2.05) is 45.2 Å². The average Bonchev–Trinajstić information content (AvgIpc) is 3.09. The van der Waals surface area contributed by atoms with E-state index in [9.17, 15) is 9.59 Å². The van der Waals surface area contributed by atoms with Gasteiger partial charge in [-0.2, -0.15) is 0 Å². The smallest absolute Gasteiger partial charge is 0.306 e. The Morgan fingerprint density at radius 1 is 1.32 bits per heavy atom. The number of ether oxygens (including phenoxy) is 1. The van der Waals surface area contributed by atoms with E-state index >= 15 is 0 Å². The van der Waals surface area contributed by atoms with Gasteiger partial charge < -0.3 is 9.72 Å². The summed E-state index contributed by atoms with van der Waals surface area (Å²) in [5.41, 5.74) is 0.570. The van der Waals surface area contributed by atoms with Crippen molar-refractivity contribution in [2.45, 2.75) is 40.7 Å². The molecule has 0 saturated heterocycles. The van der Waals surface area contributed by atoms with Crippen LogP contribution >= 0.6 is 22.7 Å². The first-order valence-electron chi connectivity index (χ1n) is 7.96. The molecule has 0 bridgehead atoms. The van der Waals surface area contributed by atoms with Crippen molar-refractivity contribution in [2.24, 2.45) is 5.41 Å². The summed E-state index contributed by atoms with van der Waals surface area (Å²) in [6.45, 7) is 7.93. The molecular formula is C18H20N2O3S2. The van der Waals surface area contributed by atoms with Crippen LogP contribution in [0.1, 0.15) is 37.9 Å². The van der Waals surface area contributed by atoms with Gasteiger partial charge in [0.1, 0.15) is 17.3 Å². The molecule has 0 aliphatic heterocycles.